The molecule has 230 valence electrons. The van der Waals surface area contributed by atoms with Crippen molar-refractivity contribution in [2.24, 2.45) is 0 Å². The van der Waals surface area contributed by atoms with Crippen LogP contribution in [0, 0.1) is 0 Å². The molecule has 0 amide bonds. The van der Waals surface area contributed by atoms with Crippen molar-refractivity contribution in [2.75, 3.05) is 10.6 Å². The molecule has 0 bridgehead atoms. The first-order valence-electron chi connectivity index (χ1n) is 11.7. The molecule has 0 aliphatic heterocycles. The monoisotopic (exact) mass is 752 g/mol. The van der Waals surface area contributed by atoms with E-state index in [0.29, 0.717) is 0 Å². The van der Waals surface area contributed by atoms with Crippen LogP contribution in [0.1, 0.15) is 18.4 Å². The summed E-state index contributed by atoms with van der Waals surface area (Å²) in [5, 5.41) is 5.29. The van der Waals surface area contributed by atoms with E-state index in [-0.39, 0.29) is 124 Å². The zero-order valence-corrected chi connectivity index (χ0v) is 36.5. The van der Waals surface area contributed by atoms with Gasteiger partial charge in [0, 0.05) is 131 Å². The summed E-state index contributed by atoms with van der Waals surface area (Å²) in [6.07, 6.45) is -0.686. The van der Waals surface area contributed by atoms with Gasteiger partial charge in [-0.2, -0.15) is 33.7 Å². The maximum atomic E-state index is 13.0. The molecule has 46 heavy (non-hydrogen) atoms. The summed E-state index contributed by atoms with van der Waals surface area (Å²) in [4.78, 5) is -1.45. The Hall–Kier alpha value is 0.640. The van der Waals surface area contributed by atoms with Crippen LogP contribution in [-0.4, -0.2) is 180 Å². The maximum Gasteiger partial charge on any atom is 0.296 e. The van der Waals surface area contributed by atoms with Gasteiger partial charge in [0.15, 0.2) is 0 Å². The zero-order chi connectivity index (χ0) is 31.2. The zero-order valence-electron chi connectivity index (χ0n) is 25.2. The second-order valence-electron chi connectivity index (χ2n) is 9.34. The summed E-state index contributed by atoms with van der Waals surface area (Å²) < 4.78 is 138. The summed E-state index contributed by atoms with van der Waals surface area (Å²) in [5.74, 6) is 0. The van der Waals surface area contributed by atoms with E-state index in [2.05, 4.69) is 10.6 Å². The van der Waals surface area contributed by atoms with Crippen LogP contribution in [0.2, 0.25) is 0 Å². The van der Waals surface area contributed by atoms with Crippen LogP contribution in [0.15, 0.2) is 94.7 Å². The van der Waals surface area contributed by atoms with Crippen molar-refractivity contribution in [1.82, 2.24) is 0 Å². The van der Waals surface area contributed by atoms with E-state index in [0.717, 1.165) is 30.3 Å². The molecule has 1 aliphatic rings. The molecule has 1 aliphatic carbocycles. The fraction of sp³-hybridized carbons (Fsp3) is 0.167. The molecule has 14 nitrogen and oxygen atoms in total. The molecule has 4 radical (unpaired) electrons. The van der Waals surface area contributed by atoms with E-state index >= 15 is 0 Å². The smallest absolute Gasteiger partial charge is 0.296 e. The first kappa shape index (κ1) is 46.6. The Labute approximate surface area is 355 Å². The molecule has 0 saturated heterocycles. The summed E-state index contributed by atoms with van der Waals surface area (Å²) in [5.41, 5.74) is -3.59. The Kier molecular flexibility index (Phi) is 17.5. The number of para-hydroxylation sites is 2. The number of hydrogen-bond donors (Lipinski definition) is 6. The third-order valence-electron chi connectivity index (χ3n) is 6.60. The fourth-order valence-corrected chi connectivity index (χ4v) is 9.05. The van der Waals surface area contributed by atoms with E-state index in [4.69, 9.17) is 0 Å². The minimum Gasteiger partial charge on any atom is -0.361 e. The molecular formula is C24H24N2Na4O12S4. The summed E-state index contributed by atoms with van der Waals surface area (Å²) in [7, 11) is -21.5. The van der Waals surface area contributed by atoms with Gasteiger partial charge in [0.2, 0.25) is 0 Å². The molecule has 3 aromatic carbocycles. The van der Waals surface area contributed by atoms with Crippen molar-refractivity contribution in [3.63, 3.8) is 0 Å². The molecule has 0 unspecified atom stereocenters. The van der Waals surface area contributed by atoms with Crippen molar-refractivity contribution >= 4 is 176 Å². The van der Waals surface area contributed by atoms with Crippen LogP contribution in [0.3, 0.4) is 0 Å². The van der Waals surface area contributed by atoms with Gasteiger partial charge < -0.3 is 10.6 Å². The van der Waals surface area contributed by atoms with Crippen LogP contribution in [0.5, 0.6) is 0 Å². The van der Waals surface area contributed by atoms with Crippen LogP contribution >= 0.6 is 0 Å². The standard InChI is InChI=1S/C24H24N2O12S4.4Na/c27-39(28,29)21-12-6-4-10-19(21)25-23(26-20-11-5-7-13-22(20)40(30,31)32)15-14-18(17-8-2-1-3-9-17)24(16-23,41(33,34)35)42(36,37)38;;;;/h1-14,25-26H,15-16H2,(H,27,28,29)(H,30,31,32)(H,33,34,35)(H,36,37,38);;;;. The number of rotatable bonds is 9. The van der Waals surface area contributed by atoms with Crippen LogP contribution in [-0.2, 0) is 40.5 Å². The molecule has 22 heteroatoms. The van der Waals surface area contributed by atoms with Crippen LogP contribution in [0.25, 0.3) is 5.57 Å². The second-order valence-corrected chi connectivity index (χ2v) is 15.7. The normalized spacial score (nSPS) is 15.7. The Balaban J connectivity index is 0.00000506. The topological polar surface area (TPSA) is 242 Å². The van der Waals surface area contributed by atoms with E-state index in [9.17, 15) is 51.9 Å². The third-order valence-corrected chi connectivity index (χ3v) is 12.1. The predicted molar refractivity (Wildman–Crippen MR) is 175 cm³/mol. The Bertz CT molecular complexity index is 1900. The van der Waals surface area contributed by atoms with Crippen molar-refractivity contribution < 1.29 is 51.9 Å². The minimum absolute atomic E-state index is 0. The molecule has 3 aromatic rings. The van der Waals surface area contributed by atoms with Gasteiger partial charge >= 0.3 is 0 Å². The van der Waals surface area contributed by atoms with Gasteiger partial charge in [-0.3, -0.25) is 18.2 Å². The van der Waals surface area contributed by atoms with Crippen molar-refractivity contribution in [1.29, 1.82) is 0 Å². The molecular weight excluding hydrogens is 728 g/mol. The molecule has 4 rings (SSSR count). The van der Waals surface area contributed by atoms with Gasteiger partial charge in [-0.1, -0.05) is 60.7 Å². The summed E-state index contributed by atoms with van der Waals surface area (Å²) in [6, 6.07) is 16.5. The molecule has 0 fully saturated rings. The van der Waals surface area contributed by atoms with Crippen molar-refractivity contribution in [3.8, 4) is 0 Å². The average molecular weight is 753 g/mol. The molecule has 0 heterocycles. The first-order chi connectivity index (χ1) is 19.3. The van der Waals surface area contributed by atoms with Gasteiger partial charge in [-0.15, -0.1) is 0 Å². The van der Waals surface area contributed by atoms with Gasteiger partial charge in [-0.25, -0.2) is 0 Å². The van der Waals surface area contributed by atoms with E-state index in [1.54, 1.807) is 6.07 Å². The minimum atomic E-state index is -5.80. The van der Waals surface area contributed by atoms with Crippen LogP contribution < -0.4 is 10.6 Å². The Morgan fingerprint density at radius 1 is 0.543 bits per heavy atom. The predicted octanol–water partition coefficient (Wildman–Crippen LogP) is 1.23. The SMILES string of the molecule is O=S(=O)(O)c1ccccc1NC1(Nc2ccccc2S(=O)(=O)O)CC=C(c2ccccc2)C(S(=O)(=O)O)(S(=O)(=O)O)C1.[Na].[Na].[Na].[Na]. The number of benzene rings is 3. The first-order valence-corrected chi connectivity index (χ1v) is 17.5. The van der Waals surface area contributed by atoms with Crippen molar-refractivity contribution in [3.05, 3.63) is 90.5 Å². The number of nitrogens with one attached hydrogen (secondary N) is 2. The number of hydrogen-bond acceptors (Lipinski definition) is 10. The third kappa shape index (κ3) is 9.91. The molecule has 0 atom stereocenters. The van der Waals surface area contributed by atoms with E-state index < -0.39 is 89.8 Å². The number of anilines is 2. The van der Waals surface area contributed by atoms with Crippen LogP contribution in [0.4, 0.5) is 11.4 Å². The Morgan fingerprint density at radius 2 is 0.913 bits per heavy atom. The second kappa shape index (κ2) is 17.2. The molecule has 0 spiro atoms. The largest absolute Gasteiger partial charge is 0.361 e. The molecule has 0 saturated carbocycles. The van der Waals surface area contributed by atoms with Gasteiger partial charge in [0.1, 0.15) is 15.5 Å². The van der Waals surface area contributed by atoms with Gasteiger partial charge in [0.25, 0.3) is 44.6 Å². The van der Waals surface area contributed by atoms with Crippen molar-refractivity contribution in [2.45, 2.75) is 32.4 Å². The fourth-order valence-electron chi connectivity index (χ4n) is 4.87. The molecule has 0 aromatic heterocycles. The summed E-state index contributed by atoms with van der Waals surface area (Å²) in [6.45, 7) is 0. The average Bonchev–Trinajstić information content (AvgIpc) is 2.87. The quantitative estimate of drug-likeness (QED) is 0.102. The maximum absolute atomic E-state index is 13.0. The molecule has 6 N–H and O–H groups in total. The van der Waals surface area contributed by atoms with E-state index in [1.807, 2.05) is 0 Å². The Morgan fingerprint density at radius 3 is 1.28 bits per heavy atom. The van der Waals surface area contributed by atoms with Gasteiger partial charge in [-0.05, 0) is 35.4 Å². The summed E-state index contributed by atoms with van der Waals surface area (Å²) >= 11 is 0. The van der Waals surface area contributed by atoms with Gasteiger partial charge in [0.05, 0.1) is 11.4 Å². The van der Waals surface area contributed by atoms with E-state index in [1.165, 1.54) is 48.5 Å².